The summed E-state index contributed by atoms with van der Waals surface area (Å²) in [7, 11) is 2.90. The summed E-state index contributed by atoms with van der Waals surface area (Å²) in [5, 5.41) is 18.1. The molecule has 1 N–H and O–H groups in total. The van der Waals surface area contributed by atoms with Gasteiger partial charge in [0.1, 0.15) is 0 Å². The lowest BCUT2D eigenvalue weighted by Gasteiger charge is -2.09. The third kappa shape index (κ3) is 1.88. The molecule has 14 heavy (non-hydrogen) atoms. The topological polar surface area (TPSA) is 62.5 Å². The number of ether oxygens (including phenoxy) is 2. The normalized spacial score (nSPS) is 9.21. The summed E-state index contributed by atoms with van der Waals surface area (Å²) in [6.45, 7) is 0. The van der Waals surface area contributed by atoms with E-state index in [0.717, 1.165) is 5.56 Å². The van der Waals surface area contributed by atoms with Crippen LogP contribution in [0.15, 0.2) is 12.1 Å². The van der Waals surface area contributed by atoms with Crippen LogP contribution in [0.2, 0.25) is 0 Å². The van der Waals surface area contributed by atoms with Crippen molar-refractivity contribution >= 4 is 0 Å². The fourth-order valence-corrected chi connectivity index (χ4v) is 1.14. The molecule has 0 aliphatic carbocycles. The Morgan fingerprint density at radius 1 is 1.29 bits per heavy atom. The van der Waals surface area contributed by atoms with Gasteiger partial charge in [-0.2, -0.15) is 5.26 Å². The Hall–Kier alpha value is -1.89. The number of hydrogen-bond acceptors (Lipinski definition) is 4. The maximum absolute atomic E-state index is 9.55. The number of rotatable bonds is 3. The monoisotopic (exact) mass is 193 g/mol. The molecule has 0 radical (unpaired) electrons. The van der Waals surface area contributed by atoms with Crippen LogP contribution < -0.4 is 9.47 Å². The SMILES string of the molecule is COc1cc(CC#N)cc(OC)c1O. The highest BCUT2D eigenvalue weighted by Crippen LogP contribution is 2.37. The second-order valence-electron chi connectivity index (χ2n) is 2.68. The summed E-state index contributed by atoms with van der Waals surface area (Å²) in [4.78, 5) is 0. The average Bonchev–Trinajstić information content (AvgIpc) is 2.20. The van der Waals surface area contributed by atoms with E-state index in [0.29, 0.717) is 11.5 Å². The van der Waals surface area contributed by atoms with Gasteiger partial charge >= 0.3 is 0 Å². The van der Waals surface area contributed by atoms with E-state index in [1.165, 1.54) is 14.2 Å². The number of nitriles is 1. The predicted octanol–water partition coefficient (Wildman–Crippen LogP) is 1.48. The van der Waals surface area contributed by atoms with E-state index in [4.69, 9.17) is 14.7 Å². The summed E-state index contributed by atoms with van der Waals surface area (Å²) in [6, 6.07) is 5.24. The smallest absolute Gasteiger partial charge is 0.200 e. The van der Waals surface area contributed by atoms with Gasteiger partial charge in [0.25, 0.3) is 0 Å². The highest BCUT2D eigenvalue weighted by atomic mass is 16.5. The number of nitrogens with zero attached hydrogens (tertiary/aromatic N) is 1. The first-order valence-electron chi connectivity index (χ1n) is 4.03. The molecule has 4 heteroatoms. The van der Waals surface area contributed by atoms with Crippen LogP contribution in [-0.4, -0.2) is 19.3 Å². The summed E-state index contributed by atoms with van der Waals surface area (Å²) >= 11 is 0. The van der Waals surface area contributed by atoms with E-state index in [1.54, 1.807) is 12.1 Å². The molecule has 1 aromatic carbocycles. The molecule has 0 saturated carbocycles. The van der Waals surface area contributed by atoms with Crippen molar-refractivity contribution in [2.24, 2.45) is 0 Å². The van der Waals surface area contributed by atoms with Crippen molar-refractivity contribution in [3.05, 3.63) is 17.7 Å². The largest absolute Gasteiger partial charge is 0.502 e. The van der Waals surface area contributed by atoms with Gasteiger partial charge in [0.05, 0.1) is 26.7 Å². The quantitative estimate of drug-likeness (QED) is 0.789. The van der Waals surface area contributed by atoms with Crippen LogP contribution >= 0.6 is 0 Å². The van der Waals surface area contributed by atoms with Crippen molar-refractivity contribution in [3.8, 4) is 23.3 Å². The highest BCUT2D eigenvalue weighted by Gasteiger charge is 2.10. The predicted molar refractivity (Wildman–Crippen MR) is 50.5 cm³/mol. The lowest BCUT2D eigenvalue weighted by molar-refractivity contribution is 0.339. The molecule has 0 spiro atoms. The summed E-state index contributed by atoms with van der Waals surface area (Å²) in [6.07, 6.45) is 0.257. The molecule has 0 aliphatic rings. The number of aromatic hydroxyl groups is 1. The number of benzene rings is 1. The van der Waals surface area contributed by atoms with Crippen LogP contribution in [0.1, 0.15) is 5.56 Å². The lowest BCUT2D eigenvalue weighted by Crippen LogP contribution is -1.92. The fraction of sp³-hybridized carbons (Fsp3) is 0.300. The van der Waals surface area contributed by atoms with Crippen LogP contribution in [0.25, 0.3) is 0 Å². The first-order chi connectivity index (χ1) is 6.72. The van der Waals surface area contributed by atoms with Crippen LogP contribution in [0.4, 0.5) is 0 Å². The van der Waals surface area contributed by atoms with E-state index in [-0.39, 0.29) is 12.2 Å². The number of phenols is 1. The van der Waals surface area contributed by atoms with Crippen LogP contribution in [0.3, 0.4) is 0 Å². The Morgan fingerprint density at radius 2 is 1.79 bits per heavy atom. The maximum Gasteiger partial charge on any atom is 0.200 e. The number of phenolic OH excluding ortho intramolecular Hbond substituents is 1. The second kappa shape index (κ2) is 4.38. The van der Waals surface area contributed by atoms with Crippen LogP contribution in [-0.2, 0) is 6.42 Å². The van der Waals surface area contributed by atoms with Crippen molar-refractivity contribution in [1.29, 1.82) is 5.26 Å². The minimum atomic E-state index is -0.0447. The molecule has 74 valence electrons. The molecular formula is C10H11NO3. The van der Waals surface area contributed by atoms with Crippen LogP contribution in [0, 0.1) is 11.3 Å². The van der Waals surface area contributed by atoms with Gasteiger partial charge in [0.15, 0.2) is 11.5 Å². The molecule has 0 heterocycles. The van der Waals surface area contributed by atoms with Gasteiger partial charge in [0.2, 0.25) is 5.75 Å². The zero-order chi connectivity index (χ0) is 10.6. The molecule has 0 unspecified atom stereocenters. The molecule has 4 nitrogen and oxygen atoms in total. The standard InChI is InChI=1S/C10H11NO3/c1-13-8-5-7(3-4-11)6-9(14-2)10(8)12/h5-6,12H,3H2,1-2H3. The van der Waals surface area contributed by atoms with Crippen LogP contribution in [0.5, 0.6) is 17.2 Å². The molecule has 0 aliphatic heterocycles. The number of hydrogen-bond donors (Lipinski definition) is 1. The molecule has 0 fully saturated rings. The Bertz CT molecular complexity index is 343. The second-order valence-corrected chi connectivity index (χ2v) is 2.68. The van der Waals surface area contributed by atoms with Gasteiger partial charge in [-0.25, -0.2) is 0 Å². The third-order valence-corrected chi connectivity index (χ3v) is 1.82. The van der Waals surface area contributed by atoms with Crippen molar-refractivity contribution < 1.29 is 14.6 Å². The van der Waals surface area contributed by atoms with E-state index < -0.39 is 0 Å². The fourth-order valence-electron chi connectivity index (χ4n) is 1.14. The van der Waals surface area contributed by atoms with E-state index >= 15 is 0 Å². The van der Waals surface area contributed by atoms with Gasteiger partial charge in [-0.15, -0.1) is 0 Å². The third-order valence-electron chi connectivity index (χ3n) is 1.82. The Kier molecular flexibility index (Phi) is 3.19. The van der Waals surface area contributed by atoms with Gasteiger partial charge in [0, 0.05) is 0 Å². The molecule has 0 aromatic heterocycles. The van der Waals surface area contributed by atoms with Gasteiger partial charge in [-0.3, -0.25) is 0 Å². The minimum absolute atomic E-state index is 0.0447. The number of methoxy groups -OCH3 is 2. The van der Waals surface area contributed by atoms with Crippen molar-refractivity contribution in [2.75, 3.05) is 14.2 Å². The minimum Gasteiger partial charge on any atom is -0.502 e. The zero-order valence-corrected chi connectivity index (χ0v) is 8.07. The van der Waals surface area contributed by atoms with E-state index in [2.05, 4.69) is 0 Å². The Balaban J connectivity index is 3.19. The maximum atomic E-state index is 9.55. The molecule has 0 saturated heterocycles. The highest BCUT2D eigenvalue weighted by molar-refractivity contribution is 5.53. The summed E-state index contributed by atoms with van der Waals surface area (Å²) < 4.78 is 9.87. The first kappa shape index (κ1) is 10.2. The van der Waals surface area contributed by atoms with E-state index in [1.807, 2.05) is 6.07 Å². The Labute approximate surface area is 82.3 Å². The van der Waals surface area contributed by atoms with Gasteiger partial charge in [-0.1, -0.05) is 0 Å². The first-order valence-corrected chi connectivity index (χ1v) is 4.03. The average molecular weight is 193 g/mol. The molecule has 0 amide bonds. The molecule has 0 bridgehead atoms. The lowest BCUT2D eigenvalue weighted by atomic mass is 10.1. The summed E-state index contributed by atoms with van der Waals surface area (Å²) in [5.41, 5.74) is 0.749. The summed E-state index contributed by atoms with van der Waals surface area (Å²) in [5.74, 6) is 0.584. The Morgan fingerprint density at radius 3 is 2.14 bits per heavy atom. The molecule has 1 aromatic rings. The molecule has 0 atom stereocenters. The van der Waals surface area contributed by atoms with Gasteiger partial charge in [-0.05, 0) is 17.7 Å². The van der Waals surface area contributed by atoms with Crippen molar-refractivity contribution in [3.63, 3.8) is 0 Å². The van der Waals surface area contributed by atoms with E-state index in [9.17, 15) is 5.11 Å². The van der Waals surface area contributed by atoms with Crippen molar-refractivity contribution in [1.82, 2.24) is 0 Å². The van der Waals surface area contributed by atoms with Crippen molar-refractivity contribution in [2.45, 2.75) is 6.42 Å². The molecule has 1 rings (SSSR count). The van der Waals surface area contributed by atoms with Gasteiger partial charge < -0.3 is 14.6 Å². The molecular weight excluding hydrogens is 182 g/mol. The zero-order valence-electron chi connectivity index (χ0n) is 8.07.